The van der Waals surface area contributed by atoms with Gasteiger partial charge in [0.1, 0.15) is 0 Å². The number of amides is 1. The predicted octanol–water partition coefficient (Wildman–Crippen LogP) is 4.36. The molecule has 1 aromatic rings. The fourth-order valence-electron chi connectivity index (χ4n) is 4.30. The molecule has 0 radical (unpaired) electrons. The summed E-state index contributed by atoms with van der Waals surface area (Å²) in [6.07, 6.45) is 4.77. The second-order valence-corrected chi connectivity index (χ2v) is 7.90. The molecular weight excluding hydrogens is 314 g/mol. The van der Waals surface area contributed by atoms with Crippen molar-refractivity contribution in [2.45, 2.75) is 64.3 Å². The van der Waals surface area contributed by atoms with Crippen molar-refractivity contribution < 1.29 is 14.7 Å². The molecule has 4 nitrogen and oxygen atoms in total. The van der Waals surface area contributed by atoms with Gasteiger partial charge in [-0.2, -0.15) is 0 Å². The van der Waals surface area contributed by atoms with E-state index in [2.05, 4.69) is 43.0 Å². The number of benzene rings is 1. The molecule has 3 rings (SSSR count). The zero-order chi connectivity index (χ0) is 18.0. The summed E-state index contributed by atoms with van der Waals surface area (Å²) < 4.78 is 0. The van der Waals surface area contributed by atoms with Gasteiger partial charge in [0, 0.05) is 12.5 Å². The fourth-order valence-corrected chi connectivity index (χ4v) is 4.30. The van der Waals surface area contributed by atoms with E-state index in [1.165, 1.54) is 11.1 Å². The van der Waals surface area contributed by atoms with Crippen LogP contribution in [0.4, 0.5) is 0 Å². The summed E-state index contributed by atoms with van der Waals surface area (Å²) in [5.74, 6) is -0.220. The van der Waals surface area contributed by atoms with E-state index in [4.69, 9.17) is 5.11 Å². The van der Waals surface area contributed by atoms with Crippen LogP contribution in [-0.2, 0) is 9.59 Å². The van der Waals surface area contributed by atoms with Crippen LogP contribution in [0.1, 0.15) is 75.5 Å². The van der Waals surface area contributed by atoms with Crippen LogP contribution >= 0.6 is 0 Å². The highest BCUT2D eigenvalue weighted by Crippen LogP contribution is 2.37. The Morgan fingerprint density at radius 3 is 2.16 bits per heavy atom. The Morgan fingerprint density at radius 1 is 1.00 bits per heavy atom. The third-order valence-electron chi connectivity index (χ3n) is 5.95. The standard InChI is InChI=1S/C21H29NO3/c1-14(2)15-5-7-16(8-6-15)19-4-3-13-22(19)20(23)17-9-11-18(12-10-17)21(24)25/h5-8,14,17-19H,3-4,9-13H2,1-2H3,(H,24,25). The van der Waals surface area contributed by atoms with Crippen LogP contribution in [0.5, 0.6) is 0 Å². The second-order valence-electron chi connectivity index (χ2n) is 7.90. The van der Waals surface area contributed by atoms with Gasteiger partial charge in [0.2, 0.25) is 5.91 Å². The fraction of sp³-hybridized carbons (Fsp3) is 0.619. The number of hydrogen-bond donors (Lipinski definition) is 1. The van der Waals surface area contributed by atoms with Gasteiger partial charge in [-0.1, -0.05) is 38.1 Å². The number of carbonyl (C=O) groups is 2. The zero-order valence-electron chi connectivity index (χ0n) is 15.3. The Labute approximate surface area is 150 Å². The lowest BCUT2D eigenvalue weighted by atomic mass is 9.81. The van der Waals surface area contributed by atoms with E-state index in [9.17, 15) is 9.59 Å². The van der Waals surface area contributed by atoms with Crippen LogP contribution in [0.25, 0.3) is 0 Å². The molecule has 1 aliphatic carbocycles. The Morgan fingerprint density at radius 2 is 1.60 bits per heavy atom. The molecule has 0 bridgehead atoms. The third kappa shape index (κ3) is 3.88. The van der Waals surface area contributed by atoms with Crippen molar-refractivity contribution in [3.63, 3.8) is 0 Å². The largest absolute Gasteiger partial charge is 0.481 e. The van der Waals surface area contributed by atoms with E-state index in [0.29, 0.717) is 31.6 Å². The first kappa shape index (κ1) is 18.0. The van der Waals surface area contributed by atoms with Gasteiger partial charge in [-0.15, -0.1) is 0 Å². The molecule has 1 amide bonds. The number of nitrogens with zero attached hydrogens (tertiary/aromatic N) is 1. The average Bonchev–Trinajstić information content (AvgIpc) is 3.11. The van der Waals surface area contributed by atoms with Crippen molar-refractivity contribution in [3.8, 4) is 0 Å². The number of carboxylic acids is 1. The zero-order valence-corrected chi connectivity index (χ0v) is 15.3. The van der Waals surface area contributed by atoms with Gasteiger partial charge in [0.25, 0.3) is 0 Å². The first-order valence-electron chi connectivity index (χ1n) is 9.60. The molecule has 1 saturated carbocycles. The Hall–Kier alpha value is -1.84. The van der Waals surface area contributed by atoms with E-state index in [-0.39, 0.29) is 23.8 Å². The van der Waals surface area contributed by atoms with Crippen LogP contribution in [0.15, 0.2) is 24.3 Å². The first-order valence-corrected chi connectivity index (χ1v) is 9.60. The minimum atomic E-state index is -0.713. The van der Waals surface area contributed by atoms with Gasteiger partial charge in [0.05, 0.1) is 12.0 Å². The number of carboxylic acid groups (broad SMARTS) is 1. The minimum absolute atomic E-state index is 0.00568. The predicted molar refractivity (Wildman–Crippen MR) is 97.3 cm³/mol. The van der Waals surface area contributed by atoms with Crippen molar-refractivity contribution in [1.82, 2.24) is 4.90 Å². The van der Waals surface area contributed by atoms with E-state index in [1.54, 1.807) is 0 Å². The van der Waals surface area contributed by atoms with E-state index in [1.807, 2.05) is 0 Å². The van der Waals surface area contributed by atoms with Crippen LogP contribution in [0, 0.1) is 11.8 Å². The molecule has 0 aromatic heterocycles. The highest BCUT2D eigenvalue weighted by molar-refractivity contribution is 5.80. The monoisotopic (exact) mass is 343 g/mol. The van der Waals surface area contributed by atoms with Crippen LogP contribution < -0.4 is 0 Å². The van der Waals surface area contributed by atoms with Crippen molar-refractivity contribution in [1.29, 1.82) is 0 Å². The maximum absolute atomic E-state index is 13.0. The number of rotatable bonds is 4. The quantitative estimate of drug-likeness (QED) is 0.883. The molecule has 0 spiro atoms. The molecule has 1 saturated heterocycles. The van der Waals surface area contributed by atoms with E-state index in [0.717, 1.165) is 19.4 Å². The first-order chi connectivity index (χ1) is 12.0. The summed E-state index contributed by atoms with van der Waals surface area (Å²) in [5, 5.41) is 9.13. The smallest absolute Gasteiger partial charge is 0.306 e. The maximum atomic E-state index is 13.0. The SMILES string of the molecule is CC(C)c1ccc(C2CCCN2C(=O)C2CCC(C(=O)O)CC2)cc1. The molecule has 1 unspecified atom stereocenters. The van der Waals surface area contributed by atoms with Gasteiger partial charge in [0.15, 0.2) is 0 Å². The molecule has 4 heteroatoms. The van der Waals surface area contributed by atoms with Gasteiger partial charge in [-0.05, 0) is 55.6 Å². The lowest BCUT2D eigenvalue weighted by Gasteiger charge is -2.32. The second kappa shape index (κ2) is 7.59. The molecule has 1 aliphatic heterocycles. The van der Waals surface area contributed by atoms with E-state index >= 15 is 0 Å². The normalized spacial score (nSPS) is 26.8. The molecular formula is C21H29NO3. The highest BCUT2D eigenvalue weighted by atomic mass is 16.4. The minimum Gasteiger partial charge on any atom is -0.481 e. The molecule has 1 N–H and O–H groups in total. The molecule has 1 atom stereocenters. The van der Waals surface area contributed by atoms with Gasteiger partial charge in [-0.3, -0.25) is 9.59 Å². The number of hydrogen-bond acceptors (Lipinski definition) is 2. The molecule has 1 aromatic carbocycles. The van der Waals surface area contributed by atoms with Gasteiger partial charge >= 0.3 is 5.97 Å². The van der Waals surface area contributed by atoms with Crippen molar-refractivity contribution >= 4 is 11.9 Å². The van der Waals surface area contributed by atoms with Crippen molar-refractivity contribution in [2.75, 3.05) is 6.54 Å². The number of likely N-dealkylation sites (tertiary alicyclic amines) is 1. The summed E-state index contributed by atoms with van der Waals surface area (Å²) in [4.78, 5) is 26.2. The summed E-state index contributed by atoms with van der Waals surface area (Å²) in [6, 6.07) is 8.89. The average molecular weight is 343 g/mol. The van der Waals surface area contributed by atoms with Gasteiger partial charge < -0.3 is 10.0 Å². The van der Waals surface area contributed by atoms with Crippen molar-refractivity contribution in [3.05, 3.63) is 35.4 Å². The van der Waals surface area contributed by atoms with Crippen LogP contribution in [0.3, 0.4) is 0 Å². The molecule has 25 heavy (non-hydrogen) atoms. The van der Waals surface area contributed by atoms with E-state index < -0.39 is 5.97 Å². The third-order valence-corrected chi connectivity index (χ3v) is 5.95. The van der Waals surface area contributed by atoms with Crippen molar-refractivity contribution in [2.24, 2.45) is 11.8 Å². The van der Waals surface area contributed by atoms with Crippen LogP contribution in [-0.4, -0.2) is 28.4 Å². The highest BCUT2D eigenvalue weighted by Gasteiger charge is 2.36. The Bertz CT molecular complexity index is 615. The molecule has 2 fully saturated rings. The summed E-state index contributed by atoms with van der Waals surface area (Å²) >= 11 is 0. The Kier molecular flexibility index (Phi) is 5.45. The van der Waals surface area contributed by atoms with Gasteiger partial charge in [-0.25, -0.2) is 0 Å². The summed E-state index contributed by atoms with van der Waals surface area (Å²) in [5.41, 5.74) is 2.56. The Balaban J connectivity index is 1.67. The lowest BCUT2D eigenvalue weighted by molar-refractivity contribution is -0.146. The summed E-state index contributed by atoms with van der Waals surface area (Å²) in [7, 11) is 0. The topological polar surface area (TPSA) is 57.6 Å². The summed E-state index contributed by atoms with van der Waals surface area (Å²) in [6.45, 7) is 5.20. The maximum Gasteiger partial charge on any atom is 0.306 e. The molecule has 2 aliphatic rings. The van der Waals surface area contributed by atoms with Crippen LogP contribution in [0.2, 0.25) is 0 Å². The number of aliphatic carboxylic acids is 1. The number of carbonyl (C=O) groups excluding carboxylic acids is 1. The molecule has 136 valence electrons. The molecule has 1 heterocycles. The lowest BCUT2D eigenvalue weighted by Crippen LogP contribution is -2.38.